The summed E-state index contributed by atoms with van der Waals surface area (Å²) in [5.41, 5.74) is 4.63. The fraction of sp³-hybridized carbons (Fsp3) is 0.333. The molecule has 1 aliphatic carbocycles. The number of carbonyl (C=O) groups is 1. The average molecular weight is 434 g/mol. The van der Waals surface area contributed by atoms with Gasteiger partial charge in [0.25, 0.3) is 15.9 Å². The minimum atomic E-state index is -3.99. The van der Waals surface area contributed by atoms with Crippen molar-refractivity contribution >= 4 is 38.9 Å². The first-order chi connectivity index (χ1) is 13.9. The maximum absolute atomic E-state index is 13.3. The Morgan fingerprint density at radius 2 is 1.72 bits per heavy atom. The molecule has 0 aromatic heterocycles. The Kier molecular flexibility index (Phi) is 6.92. The van der Waals surface area contributed by atoms with E-state index in [4.69, 9.17) is 11.6 Å². The maximum atomic E-state index is 13.3. The van der Waals surface area contributed by atoms with Gasteiger partial charge in [0, 0.05) is 5.71 Å². The van der Waals surface area contributed by atoms with Gasteiger partial charge < -0.3 is 0 Å². The quantitative estimate of drug-likeness (QED) is 0.690. The van der Waals surface area contributed by atoms with Gasteiger partial charge in [0.1, 0.15) is 6.54 Å². The van der Waals surface area contributed by atoms with Gasteiger partial charge in [-0.05, 0) is 56.9 Å². The zero-order valence-corrected chi connectivity index (χ0v) is 17.8. The molecule has 0 aliphatic heterocycles. The van der Waals surface area contributed by atoms with Gasteiger partial charge in [0.15, 0.2) is 0 Å². The van der Waals surface area contributed by atoms with Gasteiger partial charge in [0.2, 0.25) is 0 Å². The number of carbonyl (C=O) groups excluding carboxylic acids is 1. The Morgan fingerprint density at radius 1 is 1.07 bits per heavy atom. The van der Waals surface area contributed by atoms with Crippen LogP contribution in [0.3, 0.4) is 0 Å². The molecule has 0 spiro atoms. The summed E-state index contributed by atoms with van der Waals surface area (Å²) in [6.45, 7) is 1.46. The van der Waals surface area contributed by atoms with Crippen LogP contribution in [-0.2, 0) is 14.8 Å². The molecule has 0 bridgehead atoms. The molecule has 0 radical (unpaired) electrons. The number of sulfonamides is 1. The first-order valence-corrected chi connectivity index (χ1v) is 11.4. The summed E-state index contributed by atoms with van der Waals surface area (Å²) in [5.74, 6) is -0.515. The van der Waals surface area contributed by atoms with Crippen molar-refractivity contribution in [3.63, 3.8) is 0 Å². The van der Waals surface area contributed by atoms with Crippen LogP contribution in [0.25, 0.3) is 0 Å². The van der Waals surface area contributed by atoms with Gasteiger partial charge in [-0.2, -0.15) is 5.10 Å². The van der Waals surface area contributed by atoms with E-state index in [0.29, 0.717) is 0 Å². The number of nitrogens with zero attached hydrogens (tertiary/aromatic N) is 2. The highest BCUT2D eigenvalue weighted by atomic mass is 35.5. The van der Waals surface area contributed by atoms with Crippen LogP contribution in [-0.4, -0.2) is 26.6 Å². The number of hydrogen-bond donors (Lipinski definition) is 1. The number of nitrogens with one attached hydrogen (secondary N) is 1. The smallest absolute Gasteiger partial charge is 0.264 e. The lowest BCUT2D eigenvalue weighted by Crippen LogP contribution is -2.40. The van der Waals surface area contributed by atoms with Gasteiger partial charge >= 0.3 is 0 Å². The number of benzene rings is 2. The summed E-state index contributed by atoms with van der Waals surface area (Å²) >= 11 is 6.25. The highest BCUT2D eigenvalue weighted by molar-refractivity contribution is 7.92. The Hall–Kier alpha value is -2.38. The molecule has 1 amide bonds. The van der Waals surface area contributed by atoms with Crippen LogP contribution in [0.15, 0.2) is 58.5 Å². The lowest BCUT2D eigenvalue weighted by Gasteiger charge is -2.24. The summed E-state index contributed by atoms with van der Waals surface area (Å²) in [5, 5.41) is 4.43. The molecule has 2 aromatic carbocycles. The maximum Gasteiger partial charge on any atom is 0.264 e. The molecule has 29 heavy (non-hydrogen) atoms. The number of rotatable bonds is 6. The molecule has 3 rings (SSSR count). The predicted molar refractivity (Wildman–Crippen MR) is 116 cm³/mol. The monoisotopic (exact) mass is 433 g/mol. The van der Waals surface area contributed by atoms with Crippen molar-refractivity contribution < 1.29 is 13.2 Å². The number of halogens is 1. The Balaban J connectivity index is 1.88. The van der Waals surface area contributed by atoms with E-state index in [1.807, 2.05) is 6.92 Å². The van der Waals surface area contributed by atoms with Crippen molar-refractivity contribution in [2.75, 3.05) is 10.8 Å². The third kappa shape index (κ3) is 5.36. The second-order valence-corrected chi connectivity index (χ2v) is 9.32. The largest absolute Gasteiger partial charge is 0.271 e. The Morgan fingerprint density at radius 3 is 2.38 bits per heavy atom. The fourth-order valence-corrected chi connectivity index (χ4v) is 4.90. The van der Waals surface area contributed by atoms with Crippen molar-refractivity contribution in [3.8, 4) is 0 Å². The van der Waals surface area contributed by atoms with E-state index >= 15 is 0 Å². The van der Waals surface area contributed by atoms with Gasteiger partial charge in [-0.25, -0.2) is 13.8 Å². The van der Waals surface area contributed by atoms with Crippen LogP contribution >= 0.6 is 11.6 Å². The first-order valence-electron chi connectivity index (χ1n) is 9.56. The molecule has 2 aromatic rings. The van der Waals surface area contributed by atoms with Crippen LogP contribution in [0.5, 0.6) is 0 Å². The van der Waals surface area contributed by atoms with E-state index in [1.54, 1.807) is 36.4 Å². The minimum absolute atomic E-state index is 0.0921. The molecule has 6 nitrogen and oxygen atoms in total. The molecule has 0 unspecified atom stereocenters. The number of amides is 1. The van der Waals surface area contributed by atoms with Crippen LogP contribution in [0.4, 0.5) is 5.69 Å². The van der Waals surface area contributed by atoms with Crippen molar-refractivity contribution in [2.24, 2.45) is 5.10 Å². The van der Waals surface area contributed by atoms with Gasteiger partial charge in [-0.15, -0.1) is 0 Å². The molecule has 0 heterocycles. The van der Waals surface area contributed by atoms with Crippen LogP contribution in [0, 0.1) is 6.92 Å². The van der Waals surface area contributed by atoms with E-state index in [2.05, 4.69) is 10.5 Å². The highest BCUT2D eigenvalue weighted by Crippen LogP contribution is 2.30. The van der Waals surface area contributed by atoms with E-state index < -0.39 is 22.5 Å². The van der Waals surface area contributed by atoms with Crippen molar-refractivity contribution in [2.45, 2.75) is 43.9 Å². The SMILES string of the molecule is Cc1ccc(S(=O)(=O)N(CC(=O)NN=C2CCCCC2)c2ccccc2Cl)cc1. The number of hydrazone groups is 1. The van der Waals surface area contributed by atoms with Gasteiger partial charge in [0.05, 0.1) is 15.6 Å². The van der Waals surface area contributed by atoms with E-state index in [0.717, 1.165) is 41.3 Å². The molecular formula is C21H24ClN3O3S. The number of hydrogen-bond acceptors (Lipinski definition) is 4. The second-order valence-electron chi connectivity index (χ2n) is 7.05. The molecule has 0 saturated heterocycles. The Labute approximate surface area is 176 Å². The van der Waals surface area contributed by atoms with Crippen LogP contribution in [0.1, 0.15) is 37.7 Å². The third-order valence-electron chi connectivity index (χ3n) is 4.79. The lowest BCUT2D eigenvalue weighted by molar-refractivity contribution is -0.119. The van der Waals surface area contributed by atoms with Gasteiger partial charge in [-0.3, -0.25) is 9.10 Å². The summed E-state index contributed by atoms with van der Waals surface area (Å²) < 4.78 is 27.6. The number of para-hydroxylation sites is 1. The molecule has 154 valence electrons. The topological polar surface area (TPSA) is 78.8 Å². The summed E-state index contributed by atoms with van der Waals surface area (Å²) in [4.78, 5) is 12.6. The summed E-state index contributed by atoms with van der Waals surface area (Å²) in [7, 11) is -3.99. The molecule has 1 N–H and O–H groups in total. The second kappa shape index (κ2) is 9.41. The molecule has 1 fully saturated rings. The summed E-state index contributed by atoms with van der Waals surface area (Å²) in [6.07, 6.45) is 5.00. The molecule has 0 atom stereocenters. The predicted octanol–water partition coefficient (Wildman–Crippen LogP) is 4.28. The van der Waals surface area contributed by atoms with Crippen molar-refractivity contribution in [3.05, 3.63) is 59.1 Å². The van der Waals surface area contributed by atoms with E-state index in [9.17, 15) is 13.2 Å². The third-order valence-corrected chi connectivity index (χ3v) is 6.88. The molecule has 1 aliphatic rings. The van der Waals surface area contributed by atoms with E-state index in [1.165, 1.54) is 18.6 Å². The molecule has 8 heteroatoms. The van der Waals surface area contributed by atoms with Gasteiger partial charge in [-0.1, -0.05) is 47.9 Å². The van der Waals surface area contributed by atoms with Crippen LogP contribution < -0.4 is 9.73 Å². The van der Waals surface area contributed by atoms with Crippen molar-refractivity contribution in [1.82, 2.24) is 5.43 Å². The molecular weight excluding hydrogens is 410 g/mol. The van der Waals surface area contributed by atoms with E-state index in [-0.39, 0.29) is 15.6 Å². The zero-order valence-electron chi connectivity index (χ0n) is 16.3. The summed E-state index contributed by atoms with van der Waals surface area (Å²) in [6, 6.07) is 13.0. The minimum Gasteiger partial charge on any atom is -0.271 e. The Bertz CT molecular complexity index is 996. The van der Waals surface area contributed by atoms with Crippen LogP contribution in [0.2, 0.25) is 5.02 Å². The number of anilines is 1. The first kappa shape index (κ1) is 21.3. The van der Waals surface area contributed by atoms with Crippen molar-refractivity contribution in [1.29, 1.82) is 0 Å². The standard InChI is InChI=1S/C21H24ClN3O3S/c1-16-11-13-18(14-12-16)29(27,28)25(20-10-6-5-9-19(20)22)15-21(26)24-23-17-7-3-2-4-8-17/h5-6,9-14H,2-4,7-8,15H2,1H3,(H,24,26). The lowest BCUT2D eigenvalue weighted by atomic mass is 9.99. The highest BCUT2D eigenvalue weighted by Gasteiger charge is 2.28. The number of aryl methyl sites for hydroxylation is 1. The molecule has 1 saturated carbocycles. The normalized spacial score (nSPS) is 14.3. The average Bonchev–Trinajstić information content (AvgIpc) is 2.72. The zero-order chi connectivity index (χ0) is 20.9. The fourth-order valence-electron chi connectivity index (χ4n) is 3.17.